The number of amides is 1. The van der Waals surface area contributed by atoms with Gasteiger partial charge in [0, 0.05) is 5.56 Å². The first-order valence-electron chi connectivity index (χ1n) is 14.1. The van der Waals surface area contributed by atoms with Crippen LogP contribution in [0.5, 0.6) is 17.2 Å². The maximum Gasteiger partial charge on any atom is 0.350 e. The van der Waals surface area contributed by atoms with Gasteiger partial charge in [0.25, 0.3) is 5.78 Å². The minimum absolute atomic E-state index is 0.00132. The van der Waals surface area contributed by atoms with Crippen molar-refractivity contribution in [3.63, 3.8) is 0 Å². The summed E-state index contributed by atoms with van der Waals surface area (Å²) in [6.45, 7) is 6.19. The second-order valence-electron chi connectivity index (χ2n) is 10.2. The van der Waals surface area contributed by atoms with Crippen LogP contribution in [0.25, 0.3) is 5.76 Å². The standard InChI is InChI=1S/C34H28N2O8S/c1-3-14-43-33(40)31-20(2)35-34(45-31)36-28(22-10-7-11-24(17-22)44-19-21-8-5-4-6-9-21)27(30(38)32(36)39)29(37)23-12-13-25-26(18-23)42-16-15-41-25/h3-13,17-18,28,37H,1,14-16,19H2,2H3/b29-27+. The van der Waals surface area contributed by atoms with Gasteiger partial charge in [-0.2, -0.15) is 0 Å². The second-order valence-corrected chi connectivity index (χ2v) is 11.1. The van der Waals surface area contributed by atoms with Crippen LogP contribution in [-0.4, -0.2) is 47.6 Å². The predicted molar refractivity (Wildman–Crippen MR) is 167 cm³/mol. The molecule has 1 atom stereocenters. The molecule has 0 spiro atoms. The van der Waals surface area contributed by atoms with E-state index in [1.54, 1.807) is 49.4 Å². The highest BCUT2D eigenvalue weighted by molar-refractivity contribution is 7.17. The maximum atomic E-state index is 13.7. The van der Waals surface area contributed by atoms with Gasteiger partial charge in [0.1, 0.15) is 42.8 Å². The van der Waals surface area contributed by atoms with Gasteiger partial charge in [-0.25, -0.2) is 9.78 Å². The molecule has 6 rings (SSSR count). The van der Waals surface area contributed by atoms with Crippen LogP contribution in [-0.2, 0) is 20.9 Å². The maximum absolute atomic E-state index is 13.7. The van der Waals surface area contributed by atoms with Gasteiger partial charge in [0.2, 0.25) is 0 Å². The number of ketones is 1. The van der Waals surface area contributed by atoms with Crippen LogP contribution < -0.4 is 19.1 Å². The summed E-state index contributed by atoms with van der Waals surface area (Å²) in [5.41, 5.74) is 1.89. The van der Waals surface area contributed by atoms with Gasteiger partial charge in [0.15, 0.2) is 16.6 Å². The number of Topliss-reactive ketones (excluding diaryl/α,β-unsaturated/α-hetero) is 1. The Morgan fingerprint density at radius 1 is 1.07 bits per heavy atom. The Balaban J connectivity index is 1.45. The largest absolute Gasteiger partial charge is 0.507 e. The quantitative estimate of drug-likeness (QED) is 0.0812. The second kappa shape index (κ2) is 12.7. The molecule has 2 aliphatic heterocycles. The van der Waals surface area contributed by atoms with E-state index in [0.29, 0.717) is 48.3 Å². The third kappa shape index (κ3) is 5.89. The average Bonchev–Trinajstić information content (AvgIpc) is 3.58. The van der Waals surface area contributed by atoms with Crippen molar-refractivity contribution in [2.45, 2.75) is 19.6 Å². The lowest BCUT2D eigenvalue weighted by Crippen LogP contribution is -2.29. The number of ether oxygens (including phenoxy) is 4. The Labute approximate surface area is 262 Å². The number of hydrogen-bond acceptors (Lipinski definition) is 10. The smallest absolute Gasteiger partial charge is 0.350 e. The van der Waals surface area contributed by atoms with Crippen LogP contribution in [0.15, 0.2) is 91.0 Å². The fraction of sp³-hybridized carbons (Fsp3) is 0.176. The number of aliphatic hydroxyl groups excluding tert-OH is 1. The first kappa shape index (κ1) is 29.6. The van der Waals surface area contributed by atoms with Crippen LogP contribution in [0.3, 0.4) is 0 Å². The molecule has 0 bridgehead atoms. The van der Waals surface area contributed by atoms with Crippen molar-refractivity contribution in [2.75, 3.05) is 24.7 Å². The molecule has 1 amide bonds. The summed E-state index contributed by atoms with van der Waals surface area (Å²) in [6, 6.07) is 20.3. The number of esters is 1. The normalized spacial score (nSPS) is 16.8. The number of anilines is 1. The number of benzene rings is 3. The van der Waals surface area contributed by atoms with E-state index in [4.69, 9.17) is 18.9 Å². The number of carbonyl (C=O) groups excluding carboxylic acids is 3. The molecule has 1 fully saturated rings. The van der Waals surface area contributed by atoms with E-state index in [2.05, 4.69) is 11.6 Å². The first-order chi connectivity index (χ1) is 21.9. The monoisotopic (exact) mass is 624 g/mol. The third-order valence-corrected chi connectivity index (χ3v) is 8.33. The van der Waals surface area contributed by atoms with Gasteiger partial charge >= 0.3 is 11.9 Å². The Bertz CT molecular complexity index is 1830. The lowest BCUT2D eigenvalue weighted by molar-refractivity contribution is -0.132. The molecule has 1 unspecified atom stereocenters. The average molecular weight is 625 g/mol. The van der Waals surface area contributed by atoms with Crippen molar-refractivity contribution in [1.29, 1.82) is 0 Å². The Kier molecular flexibility index (Phi) is 8.35. The van der Waals surface area contributed by atoms with Gasteiger partial charge in [-0.05, 0) is 48.4 Å². The molecule has 1 saturated heterocycles. The first-order valence-corrected chi connectivity index (χ1v) is 14.9. The molecule has 3 aromatic carbocycles. The summed E-state index contributed by atoms with van der Waals surface area (Å²) in [7, 11) is 0. The summed E-state index contributed by atoms with van der Waals surface area (Å²) in [5.74, 6) is -1.44. The Morgan fingerprint density at radius 3 is 2.62 bits per heavy atom. The lowest BCUT2D eigenvalue weighted by Gasteiger charge is -2.24. The minimum Gasteiger partial charge on any atom is -0.507 e. The third-order valence-electron chi connectivity index (χ3n) is 7.19. The summed E-state index contributed by atoms with van der Waals surface area (Å²) in [6.07, 6.45) is 1.44. The number of fused-ring (bicyclic) bond motifs is 1. The van der Waals surface area contributed by atoms with E-state index in [0.717, 1.165) is 16.9 Å². The van der Waals surface area contributed by atoms with E-state index in [-0.39, 0.29) is 27.8 Å². The van der Waals surface area contributed by atoms with Crippen LogP contribution in [0.2, 0.25) is 0 Å². The van der Waals surface area contributed by atoms with E-state index in [1.165, 1.54) is 11.0 Å². The van der Waals surface area contributed by atoms with Crippen molar-refractivity contribution in [3.8, 4) is 17.2 Å². The zero-order chi connectivity index (χ0) is 31.5. The molecule has 45 heavy (non-hydrogen) atoms. The zero-order valence-electron chi connectivity index (χ0n) is 24.2. The van der Waals surface area contributed by atoms with E-state index in [9.17, 15) is 19.5 Å². The molecule has 0 aliphatic carbocycles. The number of nitrogens with zero attached hydrogens (tertiary/aromatic N) is 2. The molecular weight excluding hydrogens is 596 g/mol. The van der Waals surface area contributed by atoms with E-state index >= 15 is 0 Å². The number of aromatic nitrogens is 1. The molecule has 3 heterocycles. The molecule has 11 heteroatoms. The minimum atomic E-state index is -1.10. The topological polar surface area (TPSA) is 124 Å². The van der Waals surface area contributed by atoms with Crippen LogP contribution in [0.4, 0.5) is 5.13 Å². The molecule has 2 aliphatic rings. The van der Waals surface area contributed by atoms with Gasteiger partial charge in [-0.15, -0.1) is 0 Å². The van der Waals surface area contributed by atoms with Gasteiger partial charge < -0.3 is 24.1 Å². The van der Waals surface area contributed by atoms with Gasteiger partial charge in [-0.3, -0.25) is 14.5 Å². The van der Waals surface area contributed by atoms with Crippen LogP contribution in [0, 0.1) is 6.92 Å². The van der Waals surface area contributed by atoms with E-state index < -0.39 is 29.5 Å². The summed E-state index contributed by atoms with van der Waals surface area (Å²) < 4.78 is 22.5. The number of hydrogen-bond donors (Lipinski definition) is 1. The SMILES string of the molecule is C=CCOC(=O)c1sc(N2C(=O)C(=O)/C(=C(/O)c3ccc4c(c3)OCCO4)C2c2cccc(OCc3ccccc3)c2)nc1C. The van der Waals surface area contributed by atoms with Crippen molar-refractivity contribution in [1.82, 2.24) is 4.98 Å². The van der Waals surface area contributed by atoms with E-state index in [1.807, 2.05) is 30.3 Å². The van der Waals surface area contributed by atoms with Crippen molar-refractivity contribution >= 4 is 39.9 Å². The van der Waals surface area contributed by atoms with Crippen LogP contribution in [0.1, 0.15) is 38.1 Å². The molecule has 1 N–H and O–H groups in total. The Hall–Kier alpha value is -5.42. The molecular formula is C34H28N2O8S. The Morgan fingerprint density at radius 2 is 1.84 bits per heavy atom. The van der Waals surface area contributed by atoms with Crippen molar-refractivity contribution in [2.24, 2.45) is 0 Å². The predicted octanol–water partition coefficient (Wildman–Crippen LogP) is 5.77. The molecule has 228 valence electrons. The fourth-order valence-electron chi connectivity index (χ4n) is 5.08. The number of aryl methyl sites for hydroxylation is 1. The molecule has 1 aromatic heterocycles. The van der Waals surface area contributed by atoms with Gasteiger partial charge in [-0.1, -0.05) is 66.5 Å². The number of carbonyl (C=O) groups is 3. The summed E-state index contributed by atoms with van der Waals surface area (Å²) >= 11 is 0.920. The fourth-order valence-corrected chi connectivity index (χ4v) is 6.07. The van der Waals surface area contributed by atoms with Gasteiger partial charge in [0.05, 0.1) is 17.3 Å². The summed E-state index contributed by atoms with van der Waals surface area (Å²) in [4.78, 5) is 46.0. The van der Waals surface area contributed by atoms with Crippen molar-refractivity contribution < 1.29 is 38.4 Å². The summed E-state index contributed by atoms with van der Waals surface area (Å²) in [5, 5.41) is 11.7. The number of thiazole rings is 1. The lowest BCUT2D eigenvalue weighted by atomic mass is 9.95. The highest BCUT2D eigenvalue weighted by Gasteiger charge is 2.48. The molecule has 4 aromatic rings. The molecule has 0 saturated carbocycles. The highest BCUT2D eigenvalue weighted by atomic mass is 32.1. The number of aliphatic hydroxyl groups is 1. The number of rotatable bonds is 9. The van der Waals surface area contributed by atoms with Crippen molar-refractivity contribution in [3.05, 3.63) is 118 Å². The van der Waals surface area contributed by atoms with Crippen LogP contribution >= 0.6 is 11.3 Å². The highest BCUT2D eigenvalue weighted by Crippen LogP contribution is 2.45. The molecule has 0 radical (unpaired) electrons. The zero-order valence-corrected chi connectivity index (χ0v) is 25.0. The molecule has 10 nitrogen and oxygen atoms in total.